The predicted octanol–water partition coefficient (Wildman–Crippen LogP) is 4.18. The molecule has 1 aromatic carbocycles. The lowest BCUT2D eigenvalue weighted by Crippen LogP contribution is -2.24. The molecular weight excluding hydrogens is 309 g/mol. The van der Waals surface area contributed by atoms with Gasteiger partial charge in [-0.15, -0.1) is 5.10 Å². The Kier molecular flexibility index (Phi) is 6.08. The zero-order chi connectivity index (χ0) is 15.2. The number of hydrogen-bond donors (Lipinski definition) is 1. The predicted molar refractivity (Wildman–Crippen MR) is 85.4 cm³/mol. The third-order valence-corrected chi connectivity index (χ3v) is 4.43. The Balaban J connectivity index is 2.24. The van der Waals surface area contributed by atoms with Crippen LogP contribution >= 0.6 is 23.1 Å². The molecule has 0 amide bonds. The number of nitrogens with one attached hydrogen (secondary N) is 1. The average Bonchev–Trinajstić information content (AvgIpc) is 2.94. The van der Waals surface area contributed by atoms with Crippen LogP contribution in [-0.4, -0.2) is 16.1 Å². The van der Waals surface area contributed by atoms with Gasteiger partial charge in [0.15, 0.2) is 0 Å². The smallest absolute Gasteiger partial charge is 0.127 e. The summed E-state index contributed by atoms with van der Waals surface area (Å²) in [7, 11) is 0. The molecule has 21 heavy (non-hydrogen) atoms. The van der Waals surface area contributed by atoms with Gasteiger partial charge in [0.25, 0.3) is 0 Å². The number of hydrogen-bond acceptors (Lipinski definition) is 4. The van der Waals surface area contributed by atoms with Gasteiger partial charge in [0, 0.05) is 11.1 Å². The summed E-state index contributed by atoms with van der Waals surface area (Å²) in [4.78, 5) is 1.10. The lowest BCUT2D eigenvalue weighted by atomic mass is 10.0. The minimum absolute atomic E-state index is 0.0376. The van der Waals surface area contributed by atoms with Crippen molar-refractivity contribution < 1.29 is 4.39 Å². The maximum Gasteiger partial charge on any atom is 0.127 e. The summed E-state index contributed by atoms with van der Waals surface area (Å²) in [6.45, 7) is 5.04. The van der Waals surface area contributed by atoms with Crippen LogP contribution in [0.2, 0.25) is 5.02 Å². The van der Waals surface area contributed by atoms with Crippen molar-refractivity contribution in [2.24, 2.45) is 0 Å². The summed E-state index contributed by atoms with van der Waals surface area (Å²) < 4.78 is 18.1. The van der Waals surface area contributed by atoms with Crippen molar-refractivity contribution in [3.05, 3.63) is 45.2 Å². The normalized spacial score (nSPS) is 12.6. The van der Waals surface area contributed by atoms with Crippen LogP contribution in [0.1, 0.15) is 42.4 Å². The second kappa shape index (κ2) is 7.82. The molecule has 1 atom stereocenters. The lowest BCUT2D eigenvalue weighted by molar-refractivity contribution is 0.515. The van der Waals surface area contributed by atoms with Gasteiger partial charge in [0.1, 0.15) is 5.82 Å². The molecular formula is C15H19ClFN3S. The van der Waals surface area contributed by atoms with E-state index in [4.69, 9.17) is 11.6 Å². The van der Waals surface area contributed by atoms with E-state index >= 15 is 0 Å². The van der Waals surface area contributed by atoms with Crippen LogP contribution < -0.4 is 5.32 Å². The molecule has 0 saturated carbocycles. The van der Waals surface area contributed by atoms with E-state index in [1.54, 1.807) is 12.1 Å². The van der Waals surface area contributed by atoms with E-state index in [0.29, 0.717) is 17.0 Å². The minimum atomic E-state index is -0.263. The van der Waals surface area contributed by atoms with Crippen LogP contribution in [0.4, 0.5) is 4.39 Å². The first kappa shape index (κ1) is 16.3. The first-order valence-electron chi connectivity index (χ1n) is 7.14. The fraction of sp³-hybridized carbons (Fsp3) is 0.467. The van der Waals surface area contributed by atoms with Gasteiger partial charge in [-0.05, 0) is 55.0 Å². The molecule has 0 fully saturated rings. The van der Waals surface area contributed by atoms with E-state index in [0.717, 1.165) is 30.0 Å². The van der Waals surface area contributed by atoms with E-state index in [9.17, 15) is 4.39 Å². The Morgan fingerprint density at radius 1 is 1.38 bits per heavy atom. The van der Waals surface area contributed by atoms with Crippen LogP contribution in [0, 0.1) is 5.82 Å². The van der Waals surface area contributed by atoms with Crippen molar-refractivity contribution in [1.82, 2.24) is 14.9 Å². The zero-order valence-corrected chi connectivity index (χ0v) is 13.8. The van der Waals surface area contributed by atoms with Gasteiger partial charge >= 0.3 is 0 Å². The maximum absolute atomic E-state index is 14.0. The van der Waals surface area contributed by atoms with E-state index in [1.165, 1.54) is 17.6 Å². The second-order valence-corrected chi connectivity index (χ2v) is 6.11. The van der Waals surface area contributed by atoms with Crippen molar-refractivity contribution >= 4 is 23.1 Å². The van der Waals surface area contributed by atoms with Crippen molar-refractivity contribution in [3.63, 3.8) is 0 Å². The highest BCUT2D eigenvalue weighted by Crippen LogP contribution is 2.26. The largest absolute Gasteiger partial charge is 0.309 e. The fourth-order valence-corrected chi connectivity index (χ4v) is 3.18. The Morgan fingerprint density at radius 2 is 2.19 bits per heavy atom. The summed E-state index contributed by atoms with van der Waals surface area (Å²) in [6.07, 6.45) is 2.42. The molecule has 6 heteroatoms. The van der Waals surface area contributed by atoms with Crippen LogP contribution in [0.3, 0.4) is 0 Å². The number of aromatic nitrogens is 2. The first-order chi connectivity index (χ1) is 10.2. The highest BCUT2D eigenvalue weighted by molar-refractivity contribution is 7.05. The molecule has 2 rings (SSSR count). The van der Waals surface area contributed by atoms with Crippen LogP contribution in [-0.2, 0) is 12.8 Å². The highest BCUT2D eigenvalue weighted by atomic mass is 35.5. The summed E-state index contributed by atoms with van der Waals surface area (Å²) >= 11 is 7.20. The molecule has 0 aliphatic rings. The van der Waals surface area contributed by atoms with Gasteiger partial charge in [-0.25, -0.2) is 4.39 Å². The van der Waals surface area contributed by atoms with Crippen molar-refractivity contribution in [2.75, 3.05) is 6.54 Å². The number of halogens is 2. The van der Waals surface area contributed by atoms with Crippen molar-refractivity contribution in [1.29, 1.82) is 0 Å². The van der Waals surface area contributed by atoms with Crippen molar-refractivity contribution in [2.45, 2.75) is 39.2 Å². The van der Waals surface area contributed by atoms with Gasteiger partial charge in [0.05, 0.1) is 10.6 Å². The SMILES string of the molecule is CCCNC(Cc1ccc(Cl)cc1F)c1snnc1CC. The van der Waals surface area contributed by atoms with Crippen molar-refractivity contribution in [3.8, 4) is 0 Å². The second-order valence-electron chi connectivity index (χ2n) is 4.88. The van der Waals surface area contributed by atoms with Gasteiger partial charge in [-0.1, -0.05) is 36.0 Å². The monoisotopic (exact) mass is 327 g/mol. The third-order valence-electron chi connectivity index (χ3n) is 3.32. The molecule has 0 saturated heterocycles. The minimum Gasteiger partial charge on any atom is -0.309 e. The highest BCUT2D eigenvalue weighted by Gasteiger charge is 2.20. The zero-order valence-electron chi connectivity index (χ0n) is 12.2. The molecule has 1 heterocycles. The summed E-state index contributed by atoms with van der Waals surface area (Å²) in [5.74, 6) is -0.263. The number of aryl methyl sites for hydroxylation is 1. The van der Waals surface area contributed by atoms with Gasteiger partial charge < -0.3 is 5.32 Å². The van der Waals surface area contributed by atoms with Crippen LogP contribution in [0.25, 0.3) is 0 Å². The third kappa shape index (κ3) is 4.22. The lowest BCUT2D eigenvalue weighted by Gasteiger charge is -2.18. The molecule has 1 N–H and O–H groups in total. The number of nitrogens with zero attached hydrogens (tertiary/aromatic N) is 2. The molecule has 3 nitrogen and oxygen atoms in total. The number of rotatable bonds is 7. The van der Waals surface area contributed by atoms with E-state index in [2.05, 4.69) is 28.8 Å². The molecule has 0 radical (unpaired) electrons. The summed E-state index contributed by atoms with van der Waals surface area (Å²) in [5.41, 5.74) is 1.64. The molecule has 0 bridgehead atoms. The van der Waals surface area contributed by atoms with Crippen LogP contribution in [0.15, 0.2) is 18.2 Å². The van der Waals surface area contributed by atoms with E-state index < -0.39 is 0 Å². The molecule has 0 aliphatic heterocycles. The average molecular weight is 328 g/mol. The topological polar surface area (TPSA) is 37.8 Å². The Labute approximate surface area is 133 Å². The standard InChI is InChI=1S/C15H19ClFN3S/c1-3-7-18-14(15-13(4-2)19-20-21-15)8-10-5-6-11(16)9-12(10)17/h5-6,9,14,18H,3-4,7-8H2,1-2H3. The van der Waals surface area contributed by atoms with E-state index in [1.807, 2.05) is 0 Å². The molecule has 0 spiro atoms. The van der Waals surface area contributed by atoms with Gasteiger partial charge in [0.2, 0.25) is 0 Å². The maximum atomic E-state index is 14.0. The quantitative estimate of drug-likeness (QED) is 0.829. The molecule has 0 aliphatic carbocycles. The molecule has 2 aromatic rings. The number of benzene rings is 1. The Morgan fingerprint density at radius 3 is 2.86 bits per heavy atom. The fourth-order valence-electron chi connectivity index (χ4n) is 2.21. The Bertz CT molecular complexity index is 588. The Hall–Kier alpha value is -1.04. The van der Waals surface area contributed by atoms with Crippen LogP contribution in [0.5, 0.6) is 0 Å². The summed E-state index contributed by atoms with van der Waals surface area (Å²) in [6, 6.07) is 4.87. The van der Waals surface area contributed by atoms with E-state index in [-0.39, 0.29) is 11.9 Å². The molecule has 1 aromatic heterocycles. The van der Waals surface area contributed by atoms with Gasteiger partial charge in [-0.2, -0.15) is 0 Å². The summed E-state index contributed by atoms with van der Waals surface area (Å²) in [5, 5.41) is 8.04. The van der Waals surface area contributed by atoms with Gasteiger partial charge in [-0.3, -0.25) is 0 Å². The first-order valence-corrected chi connectivity index (χ1v) is 8.29. The molecule has 114 valence electrons. The molecule has 1 unspecified atom stereocenters.